The zero-order chi connectivity index (χ0) is 15.2. The lowest BCUT2D eigenvalue weighted by Gasteiger charge is -2.17. The molecule has 0 aromatic heterocycles. The highest BCUT2D eigenvalue weighted by Crippen LogP contribution is 2.27. The zero-order valence-corrected chi connectivity index (χ0v) is 12.6. The summed E-state index contributed by atoms with van der Waals surface area (Å²) < 4.78 is 10.2. The number of carbonyl (C=O) groups is 2. The van der Waals surface area contributed by atoms with E-state index in [0.29, 0.717) is 19.0 Å². The summed E-state index contributed by atoms with van der Waals surface area (Å²) in [5, 5.41) is 0. The van der Waals surface area contributed by atoms with E-state index in [0.717, 1.165) is 17.9 Å². The molecule has 1 saturated heterocycles. The first-order chi connectivity index (χ1) is 10.2. The van der Waals surface area contributed by atoms with E-state index in [1.54, 1.807) is 4.90 Å². The van der Waals surface area contributed by atoms with Crippen LogP contribution in [0.5, 0.6) is 5.75 Å². The Morgan fingerprint density at radius 2 is 2.10 bits per heavy atom. The van der Waals surface area contributed by atoms with Gasteiger partial charge in [0.25, 0.3) is 0 Å². The topological polar surface area (TPSA) is 55.8 Å². The number of alkyl halides is 1. The van der Waals surface area contributed by atoms with Crippen molar-refractivity contribution in [3.63, 3.8) is 0 Å². The van der Waals surface area contributed by atoms with Gasteiger partial charge in [-0.05, 0) is 30.7 Å². The van der Waals surface area contributed by atoms with Crippen LogP contribution in [0, 0.1) is 5.92 Å². The van der Waals surface area contributed by atoms with E-state index in [-0.39, 0.29) is 24.2 Å². The molecular weight excluding hydrogens is 294 g/mol. The van der Waals surface area contributed by atoms with Crippen molar-refractivity contribution in [2.24, 2.45) is 5.92 Å². The van der Waals surface area contributed by atoms with Gasteiger partial charge in [-0.15, -0.1) is 11.6 Å². The summed E-state index contributed by atoms with van der Waals surface area (Å²) in [6, 6.07) is 7.24. The molecule has 1 aliphatic rings. The highest BCUT2D eigenvalue weighted by Gasteiger charge is 2.35. The van der Waals surface area contributed by atoms with Crippen LogP contribution in [0.3, 0.4) is 0 Å². The van der Waals surface area contributed by atoms with Gasteiger partial charge in [0.15, 0.2) is 0 Å². The van der Waals surface area contributed by atoms with E-state index in [1.165, 1.54) is 7.11 Å². The van der Waals surface area contributed by atoms with E-state index in [9.17, 15) is 9.59 Å². The molecule has 1 heterocycles. The molecule has 0 bridgehead atoms. The molecule has 0 radical (unpaired) electrons. The number of ether oxygens (including phenoxy) is 2. The van der Waals surface area contributed by atoms with E-state index >= 15 is 0 Å². The molecule has 114 valence electrons. The lowest BCUT2D eigenvalue weighted by Crippen LogP contribution is -2.26. The average Bonchev–Trinajstić information content (AvgIpc) is 2.89. The molecule has 1 aromatic carbocycles. The number of carbonyl (C=O) groups excluding carboxylic acids is 2. The second-order valence-corrected chi connectivity index (χ2v) is 5.19. The van der Waals surface area contributed by atoms with Crippen molar-refractivity contribution < 1.29 is 19.1 Å². The Labute approximate surface area is 128 Å². The van der Waals surface area contributed by atoms with Crippen LogP contribution in [0.1, 0.15) is 12.8 Å². The molecule has 21 heavy (non-hydrogen) atoms. The molecule has 1 unspecified atom stereocenters. The summed E-state index contributed by atoms with van der Waals surface area (Å²) in [4.78, 5) is 25.1. The molecule has 0 N–H and O–H groups in total. The van der Waals surface area contributed by atoms with Gasteiger partial charge in [-0.3, -0.25) is 9.59 Å². The monoisotopic (exact) mass is 311 g/mol. The lowest BCUT2D eigenvalue weighted by atomic mass is 10.1. The van der Waals surface area contributed by atoms with Crippen LogP contribution < -0.4 is 9.64 Å². The summed E-state index contributed by atoms with van der Waals surface area (Å²) in [5.74, 6) is 0.505. The average molecular weight is 312 g/mol. The summed E-state index contributed by atoms with van der Waals surface area (Å²) in [7, 11) is 1.34. The van der Waals surface area contributed by atoms with Crippen LogP contribution in [0.2, 0.25) is 0 Å². The minimum Gasteiger partial charge on any atom is -0.494 e. The maximum atomic E-state index is 12.0. The van der Waals surface area contributed by atoms with Gasteiger partial charge in [0, 0.05) is 24.5 Å². The van der Waals surface area contributed by atoms with Crippen LogP contribution in [0.15, 0.2) is 24.3 Å². The number of hydrogen-bond donors (Lipinski definition) is 0. The molecule has 1 aliphatic heterocycles. The van der Waals surface area contributed by atoms with Crippen molar-refractivity contribution in [1.29, 1.82) is 0 Å². The number of anilines is 1. The highest BCUT2D eigenvalue weighted by molar-refractivity contribution is 6.17. The maximum Gasteiger partial charge on any atom is 0.311 e. The van der Waals surface area contributed by atoms with Crippen LogP contribution in [0.25, 0.3) is 0 Å². The van der Waals surface area contributed by atoms with Gasteiger partial charge < -0.3 is 14.4 Å². The third-order valence-electron chi connectivity index (χ3n) is 3.35. The summed E-state index contributed by atoms with van der Waals surface area (Å²) in [6.07, 6.45) is 0.982. The van der Waals surface area contributed by atoms with Crippen molar-refractivity contribution in [2.45, 2.75) is 12.8 Å². The first-order valence-corrected chi connectivity index (χ1v) is 7.36. The SMILES string of the molecule is COC(=O)C1CC(=O)N(c2ccc(OCCCCl)cc2)C1. The molecule has 5 nitrogen and oxygen atoms in total. The van der Waals surface area contributed by atoms with Crippen molar-refractivity contribution in [3.8, 4) is 5.75 Å². The second kappa shape index (κ2) is 7.31. The molecule has 0 saturated carbocycles. The predicted molar refractivity (Wildman–Crippen MR) is 79.8 cm³/mol. The fourth-order valence-corrected chi connectivity index (χ4v) is 2.36. The Hall–Kier alpha value is -1.75. The molecule has 1 atom stereocenters. The molecular formula is C15H18ClNO4. The molecule has 1 aromatic rings. The Balaban J connectivity index is 1.98. The number of halogens is 1. The molecule has 1 amide bonds. The van der Waals surface area contributed by atoms with E-state index in [2.05, 4.69) is 0 Å². The number of nitrogens with zero attached hydrogens (tertiary/aromatic N) is 1. The third-order valence-corrected chi connectivity index (χ3v) is 3.62. The first-order valence-electron chi connectivity index (χ1n) is 6.82. The second-order valence-electron chi connectivity index (χ2n) is 4.81. The smallest absolute Gasteiger partial charge is 0.311 e. The third kappa shape index (κ3) is 3.88. The summed E-state index contributed by atoms with van der Waals surface area (Å²) in [5.41, 5.74) is 0.760. The van der Waals surface area contributed by atoms with Gasteiger partial charge in [0.2, 0.25) is 5.91 Å². The number of esters is 1. The van der Waals surface area contributed by atoms with Crippen molar-refractivity contribution in [2.75, 3.05) is 31.0 Å². The van der Waals surface area contributed by atoms with Crippen LogP contribution in [0.4, 0.5) is 5.69 Å². The fraction of sp³-hybridized carbons (Fsp3) is 0.467. The molecule has 6 heteroatoms. The van der Waals surface area contributed by atoms with E-state index < -0.39 is 0 Å². The van der Waals surface area contributed by atoms with Gasteiger partial charge in [0.1, 0.15) is 5.75 Å². The quantitative estimate of drug-likeness (QED) is 0.459. The number of methoxy groups -OCH3 is 1. The van der Waals surface area contributed by atoms with Crippen LogP contribution in [-0.4, -0.2) is 38.0 Å². The molecule has 2 rings (SSSR count). The Morgan fingerprint density at radius 3 is 2.71 bits per heavy atom. The van der Waals surface area contributed by atoms with Gasteiger partial charge >= 0.3 is 5.97 Å². The zero-order valence-electron chi connectivity index (χ0n) is 11.9. The minimum absolute atomic E-state index is 0.0683. The Morgan fingerprint density at radius 1 is 1.38 bits per heavy atom. The number of rotatable bonds is 6. The number of benzene rings is 1. The molecule has 1 fully saturated rings. The van der Waals surface area contributed by atoms with E-state index in [1.807, 2.05) is 24.3 Å². The van der Waals surface area contributed by atoms with Gasteiger partial charge in [-0.1, -0.05) is 0 Å². The first kappa shape index (κ1) is 15.6. The number of hydrogen-bond acceptors (Lipinski definition) is 4. The minimum atomic E-state index is -0.387. The molecule has 0 aliphatic carbocycles. The molecule has 0 spiro atoms. The predicted octanol–water partition coefficient (Wildman–Crippen LogP) is 2.22. The summed E-state index contributed by atoms with van der Waals surface area (Å²) >= 11 is 5.58. The van der Waals surface area contributed by atoms with Crippen molar-refractivity contribution in [1.82, 2.24) is 0 Å². The normalized spacial score (nSPS) is 17.9. The standard InChI is InChI=1S/C15H18ClNO4/c1-20-15(19)11-9-14(18)17(10-11)12-3-5-13(6-4-12)21-8-2-7-16/h3-6,11H,2,7-10H2,1H3. The lowest BCUT2D eigenvalue weighted by molar-refractivity contribution is -0.145. The largest absolute Gasteiger partial charge is 0.494 e. The van der Waals surface area contributed by atoms with Gasteiger partial charge in [0.05, 0.1) is 19.6 Å². The summed E-state index contributed by atoms with van der Waals surface area (Å²) in [6.45, 7) is 0.924. The number of amides is 1. The van der Waals surface area contributed by atoms with Crippen molar-refractivity contribution in [3.05, 3.63) is 24.3 Å². The Kier molecular flexibility index (Phi) is 5.44. The van der Waals surface area contributed by atoms with Crippen molar-refractivity contribution >= 4 is 29.2 Å². The van der Waals surface area contributed by atoms with E-state index in [4.69, 9.17) is 21.1 Å². The van der Waals surface area contributed by atoms with Gasteiger partial charge in [-0.2, -0.15) is 0 Å². The van der Waals surface area contributed by atoms with Crippen LogP contribution >= 0.6 is 11.6 Å². The fourth-order valence-electron chi connectivity index (χ4n) is 2.25. The highest BCUT2D eigenvalue weighted by atomic mass is 35.5. The van der Waals surface area contributed by atoms with Gasteiger partial charge in [-0.25, -0.2) is 0 Å². The van der Waals surface area contributed by atoms with Crippen LogP contribution in [-0.2, 0) is 14.3 Å². The Bertz CT molecular complexity index is 503. The maximum absolute atomic E-state index is 12.0.